The highest BCUT2D eigenvalue weighted by Gasteiger charge is 2.18. The van der Waals surface area contributed by atoms with Crippen molar-refractivity contribution in [1.82, 2.24) is 4.90 Å². The third-order valence-electron chi connectivity index (χ3n) is 6.21. The maximum Gasteiger partial charge on any atom is 0.415 e. The number of hydrogen-bond donors (Lipinski definition) is 1. The van der Waals surface area contributed by atoms with Crippen LogP contribution in [0.4, 0.5) is 4.79 Å². The molecule has 0 aliphatic heterocycles. The quantitative estimate of drug-likeness (QED) is 0.213. The van der Waals surface area contributed by atoms with Crippen molar-refractivity contribution in [3.63, 3.8) is 0 Å². The summed E-state index contributed by atoms with van der Waals surface area (Å²) in [7, 11) is 0. The summed E-state index contributed by atoms with van der Waals surface area (Å²) in [5.74, 6) is 1.30. The summed E-state index contributed by atoms with van der Waals surface area (Å²) < 4.78 is 22.6. The van der Waals surface area contributed by atoms with E-state index in [1.165, 1.54) is 5.56 Å². The summed E-state index contributed by atoms with van der Waals surface area (Å²) in [6.45, 7) is 7.80. The van der Waals surface area contributed by atoms with Gasteiger partial charge in [-0.2, -0.15) is 0 Å². The Labute approximate surface area is 236 Å². The molecule has 0 fully saturated rings. The van der Waals surface area contributed by atoms with Gasteiger partial charge in [-0.3, -0.25) is 0 Å². The summed E-state index contributed by atoms with van der Waals surface area (Å²) in [6.07, 6.45) is -0.447. The number of amides is 1. The molecule has 1 unspecified atom stereocenters. The van der Waals surface area contributed by atoms with Crippen LogP contribution in [0, 0.1) is 0 Å². The van der Waals surface area contributed by atoms with Gasteiger partial charge in [-0.15, -0.1) is 0 Å². The van der Waals surface area contributed by atoms with Crippen molar-refractivity contribution in [2.45, 2.75) is 45.6 Å². The number of aliphatic carboxylic acids is 1. The topological polar surface area (TPSA) is 94.5 Å². The number of para-hydroxylation sites is 1. The Kier molecular flexibility index (Phi) is 12.3. The molecule has 1 N–H and O–H groups in total. The van der Waals surface area contributed by atoms with Gasteiger partial charge in [0.1, 0.15) is 23.9 Å². The Hall–Kier alpha value is -4.04. The van der Waals surface area contributed by atoms with E-state index in [-0.39, 0.29) is 13.0 Å². The molecule has 1 atom stereocenters. The number of nitrogens with zero attached hydrogens (tertiary/aromatic N) is 1. The molecule has 0 aliphatic carbocycles. The number of hydrogen-bond acceptors (Lipinski definition) is 6. The minimum Gasteiger partial charge on any atom is -0.494 e. The number of benzene rings is 3. The zero-order chi connectivity index (χ0) is 28.7. The van der Waals surface area contributed by atoms with Crippen molar-refractivity contribution in [3.05, 3.63) is 90.0 Å². The van der Waals surface area contributed by atoms with Gasteiger partial charge in [0.2, 0.25) is 0 Å². The maximum absolute atomic E-state index is 13.0. The van der Waals surface area contributed by atoms with E-state index in [0.717, 1.165) is 11.3 Å². The summed E-state index contributed by atoms with van der Waals surface area (Å²) in [5.41, 5.74) is 2.01. The molecule has 8 heteroatoms. The fourth-order valence-corrected chi connectivity index (χ4v) is 3.97. The molecule has 40 heavy (non-hydrogen) atoms. The van der Waals surface area contributed by atoms with E-state index in [0.29, 0.717) is 50.1 Å². The fraction of sp³-hybridized carbons (Fsp3) is 0.375. The van der Waals surface area contributed by atoms with Crippen LogP contribution in [0.15, 0.2) is 78.9 Å². The third kappa shape index (κ3) is 10.3. The standard InChI is InChI=1S/C32H39NO7/c1-4-37-30(31(34)35)23-25-11-15-28(16-12-25)39-22-20-33(19-8-21-38-27-9-6-5-7-10-27)32(36)40-29-17-13-26(14-18-29)24(2)3/h5-7,9-18,24,30H,4,8,19-23H2,1-3H3,(H,34,35). The lowest BCUT2D eigenvalue weighted by Crippen LogP contribution is -2.38. The van der Waals surface area contributed by atoms with E-state index in [9.17, 15) is 14.7 Å². The summed E-state index contributed by atoms with van der Waals surface area (Å²) >= 11 is 0. The molecule has 0 heterocycles. The summed E-state index contributed by atoms with van der Waals surface area (Å²) in [6, 6.07) is 24.3. The van der Waals surface area contributed by atoms with Crippen LogP contribution in [-0.4, -0.2) is 61.1 Å². The van der Waals surface area contributed by atoms with Crippen LogP contribution in [0.3, 0.4) is 0 Å². The molecule has 0 saturated heterocycles. The van der Waals surface area contributed by atoms with Gasteiger partial charge < -0.3 is 29.0 Å². The first kappa shape index (κ1) is 30.5. The van der Waals surface area contributed by atoms with Gasteiger partial charge in [0.15, 0.2) is 6.10 Å². The second-order valence-electron chi connectivity index (χ2n) is 9.57. The molecule has 0 bridgehead atoms. The molecule has 0 radical (unpaired) electrons. The average molecular weight is 550 g/mol. The average Bonchev–Trinajstić information content (AvgIpc) is 2.95. The van der Waals surface area contributed by atoms with Crippen molar-refractivity contribution in [1.29, 1.82) is 0 Å². The van der Waals surface area contributed by atoms with Gasteiger partial charge in [-0.1, -0.05) is 56.3 Å². The molecule has 3 aromatic rings. The molecule has 8 nitrogen and oxygen atoms in total. The van der Waals surface area contributed by atoms with E-state index >= 15 is 0 Å². The van der Waals surface area contributed by atoms with Crippen molar-refractivity contribution in [2.75, 3.05) is 32.9 Å². The minimum absolute atomic E-state index is 0.261. The molecular formula is C32H39NO7. The van der Waals surface area contributed by atoms with E-state index in [1.807, 2.05) is 66.7 Å². The molecule has 214 valence electrons. The fourth-order valence-electron chi connectivity index (χ4n) is 3.97. The molecule has 3 aromatic carbocycles. The molecule has 0 aliphatic rings. The van der Waals surface area contributed by atoms with Crippen molar-refractivity contribution >= 4 is 12.1 Å². The van der Waals surface area contributed by atoms with E-state index in [4.69, 9.17) is 18.9 Å². The Balaban J connectivity index is 1.55. The number of carbonyl (C=O) groups excluding carboxylic acids is 1. The first-order valence-electron chi connectivity index (χ1n) is 13.7. The molecular weight excluding hydrogens is 510 g/mol. The molecule has 0 aromatic heterocycles. The van der Waals surface area contributed by atoms with Gasteiger partial charge in [-0.05, 0) is 66.8 Å². The zero-order valence-corrected chi connectivity index (χ0v) is 23.5. The highest BCUT2D eigenvalue weighted by molar-refractivity contribution is 5.72. The van der Waals surface area contributed by atoms with Crippen LogP contribution in [0.5, 0.6) is 17.2 Å². The third-order valence-corrected chi connectivity index (χ3v) is 6.21. The molecule has 0 saturated carbocycles. The molecule has 0 spiro atoms. The Morgan fingerprint density at radius 2 is 1.43 bits per heavy atom. The van der Waals surface area contributed by atoms with Crippen LogP contribution in [-0.2, 0) is 16.0 Å². The monoisotopic (exact) mass is 549 g/mol. The van der Waals surface area contributed by atoms with Crippen LogP contribution >= 0.6 is 0 Å². The van der Waals surface area contributed by atoms with Gasteiger partial charge in [0, 0.05) is 19.6 Å². The van der Waals surface area contributed by atoms with Gasteiger partial charge in [0.05, 0.1) is 13.2 Å². The highest BCUT2D eigenvalue weighted by atomic mass is 16.6. The maximum atomic E-state index is 13.0. The number of carbonyl (C=O) groups is 2. The normalized spacial score (nSPS) is 11.6. The SMILES string of the molecule is CCOC(Cc1ccc(OCCN(CCCOc2ccccc2)C(=O)Oc2ccc(C(C)C)cc2)cc1)C(=O)O. The van der Waals surface area contributed by atoms with Crippen molar-refractivity contribution in [2.24, 2.45) is 0 Å². The van der Waals surface area contributed by atoms with E-state index in [1.54, 1.807) is 24.0 Å². The number of carboxylic acid groups (broad SMARTS) is 1. The number of rotatable bonds is 16. The Morgan fingerprint density at radius 1 is 0.800 bits per heavy atom. The van der Waals surface area contributed by atoms with Crippen LogP contribution < -0.4 is 14.2 Å². The second-order valence-corrected chi connectivity index (χ2v) is 9.57. The van der Waals surface area contributed by atoms with Gasteiger partial charge >= 0.3 is 12.1 Å². The lowest BCUT2D eigenvalue weighted by atomic mass is 10.0. The lowest BCUT2D eigenvalue weighted by molar-refractivity contribution is -0.149. The van der Waals surface area contributed by atoms with E-state index < -0.39 is 18.2 Å². The second kappa shape index (κ2) is 16.2. The van der Waals surface area contributed by atoms with Gasteiger partial charge in [-0.25, -0.2) is 9.59 Å². The van der Waals surface area contributed by atoms with Crippen molar-refractivity contribution in [3.8, 4) is 17.2 Å². The predicted molar refractivity (Wildman–Crippen MR) is 153 cm³/mol. The predicted octanol–water partition coefficient (Wildman–Crippen LogP) is 6.19. The zero-order valence-electron chi connectivity index (χ0n) is 23.5. The first-order valence-corrected chi connectivity index (χ1v) is 13.7. The number of carboxylic acids is 1. The highest BCUT2D eigenvalue weighted by Crippen LogP contribution is 2.20. The number of ether oxygens (including phenoxy) is 4. The summed E-state index contributed by atoms with van der Waals surface area (Å²) in [5, 5.41) is 9.30. The van der Waals surface area contributed by atoms with Gasteiger partial charge in [0.25, 0.3) is 0 Å². The first-order chi connectivity index (χ1) is 19.4. The van der Waals surface area contributed by atoms with Crippen LogP contribution in [0.2, 0.25) is 0 Å². The van der Waals surface area contributed by atoms with E-state index in [2.05, 4.69) is 13.8 Å². The van der Waals surface area contributed by atoms with Crippen LogP contribution in [0.25, 0.3) is 0 Å². The Bertz CT molecular complexity index is 1160. The Morgan fingerprint density at radius 3 is 2.05 bits per heavy atom. The smallest absolute Gasteiger partial charge is 0.415 e. The molecule has 3 rings (SSSR count). The van der Waals surface area contributed by atoms with Crippen LogP contribution in [0.1, 0.15) is 44.2 Å². The van der Waals surface area contributed by atoms with Crippen molar-refractivity contribution < 1.29 is 33.6 Å². The minimum atomic E-state index is -0.987. The lowest BCUT2D eigenvalue weighted by Gasteiger charge is -2.22. The summed E-state index contributed by atoms with van der Waals surface area (Å²) in [4.78, 5) is 26.0. The largest absolute Gasteiger partial charge is 0.494 e. The molecule has 1 amide bonds.